The van der Waals surface area contributed by atoms with Crippen molar-refractivity contribution in [2.24, 2.45) is 0 Å². The molecule has 4 heteroatoms. The molecule has 0 bridgehead atoms. The molecule has 1 rings (SSSR count). The summed E-state index contributed by atoms with van der Waals surface area (Å²) in [6.45, 7) is 0.761. The van der Waals surface area contributed by atoms with E-state index in [0.717, 1.165) is 6.54 Å². The van der Waals surface area contributed by atoms with E-state index in [-0.39, 0.29) is 5.91 Å². The maximum atomic E-state index is 11.4. The second-order valence-electron chi connectivity index (χ2n) is 4.11. The standard InChI is InChI=1S/C11H22N2O2/c1-13(15-2)11(14)8-9-12-10-6-4-3-5-7-10/h10,12H,3-9H2,1-2H3. The van der Waals surface area contributed by atoms with Gasteiger partial charge in [0.1, 0.15) is 0 Å². The molecular weight excluding hydrogens is 192 g/mol. The first-order valence-electron chi connectivity index (χ1n) is 5.78. The highest BCUT2D eigenvalue weighted by molar-refractivity contribution is 5.74. The molecule has 1 N–H and O–H groups in total. The van der Waals surface area contributed by atoms with Crippen molar-refractivity contribution in [2.45, 2.75) is 44.6 Å². The van der Waals surface area contributed by atoms with E-state index in [1.165, 1.54) is 44.3 Å². The van der Waals surface area contributed by atoms with Gasteiger partial charge in [-0.2, -0.15) is 0 Å². The molecule has 1 fully saturated rings. The number of carbonyl (C=O) groups is 1. The Morgan fingerprint density at radius 1 is 1.40 bits per heavy atom. The summed E-state index contributed by atoms with van der Waals surface area (Å²) >= 11 is 0. The minimum Gasteiger partial charge on any atom is -0.313 e. The van der Waals surface area contributed by atoms with E-state index < -0.39 is 0 Å². The monoisotopic (exact) mass is 214 g/mol. The first-order chi connectivity index (χ1) is 7.24. The summed E-state index contributed by atoms with van der Waals surface area (Å²) in [6, 6.07) is 0.624. The fourth-order valence-electron chi connectivity index (χ4n) is 1.95. The normalized spacial score (nSPS) is 17.7. The summed E-state index contributed by atoms with van der Waals surface area (Å²) in [6.07, 6.45) is 7.04. The highest BCUT2D eigenvalue weighted by Crippen LogP contribution is 2.17. The Morgan fingerprint density at radius 3 is 2.67 bits per heavy atom. The van der Waals surface area contributed by atoms with E-state index >= 15 is 0 Å². The van der Waals surface area contributed by atoms with Gasteiger partial charge in [-0.25, -0.2) is 5.06 Å². The zero-order valence-electron chi connectivity index (χ0n) is 9.79. The smallest absolute Gasteiger partial charge is 0.247 e. The summed E-state index contributed by atoms with van der Waals surface area (Å²) in [4.78, 5) is 16.2. The predicted molar refractivity (Wildman–Crippen MR) is 59.3 cm³/mol. The Balaban J connectivity index is 2.07. The van der Waals surface area contributed by atoms with E-state index in [4.69, 9.17) is 4.84 Å². The van der Waals surface area contributed by atoms with Crippen LogP contribution < -0.4 is 5.32 Å². The Bertz CT molecular complexity index is 191. The Labute approximate surface area is 91.9 Å². The third-order valence-electron chi connectivity index (χ3n) is 3.00. The van der Waals surface area contributed by atoms with Crippen molar-refractivity contribution in [2.75, 3.05) is 20.7 Å². The molecule has 0 aliphatic heterocycles. The van der Waals surface area contributed by atoms with E-state index in [0.29, 0.717) is 12.5 Å². The largest absolute Gasteiger partial charge is 0.313 e. The highest BCUT2D eigenvalue weighted by Gasteiger charge is 2.13. The van der Waals surface area contributed by atoms with Gasteiger partial charge < -0.3 is 5.32 Å². The molecule has 0 heterocycles. The van der Waals surface area contributed by atoms with Crippen LogP contribution in [0.4, 0.5) is 0 Å². The van der Waals surface area contributed by atoms with Crippen molar-refractivity contribution in [1.29, 1.82) is 0 Å². The molecule has 0 radical (unpaired) electrons. The minimum absolute atomic E-state index is 0.0285. The van der Waals surface area contributed by atoms with Crippen LogP contribution in [0.3, 0.4) is 0 Å². The second kappa shape index (κ2) is 6.80. The van der Waals surface area contributed by atoms with Crippen LogP contribution in [0.15, 0.2) is 0 Å². The molecule has 0 spiro atoms. The number of nitrogens with one attached hydrogen (secondary N) is 1. The van der Waals surface area contributed by atoms with Crippen molar-refractivity contribution in [3.63, 3.8) is 0 Å². The number of hydrogen-bond acceptors (Lipinski definition) is 3. The summed E-state index contributed by atoms with van der Waals surface area (Å²) in [5.74, 6) is 0.0285. The molecular formula is C11H22N2O2. The van der Waals surface area contributed by atoms with Crippen molar-refractivity contribution < 1.29 is 9.63 Å². The van der Waals surface area contributed by atoms with E-state index in [1.807, 2.05) is 0 Å². The number of hydroxylamine groups is 2. The average Bonchev–Trinajstić information content (AvgIpc) is 2.29. The quantitative estimate of drug-likeness (QED) is 0.702. The van der Waals surface area contributed by atoms with Crippen LogP contribution in [-0.2, 0) is 9.63 Å². The molecule has 0 aromatic heterocycles. The van der Waals surface area contributed by atoms with Crippen LogP contribution in [0, 0.1) is 0 Å². The highest BCUT2D eigenvalue weighted by atomic mass is 16.7. The van der Waals surface area contributed by atoms with Gasteiger partial charge >= 0.3 is 0 Å². The lowest BCUT2D eigenvalue weighted by Crippen LogP contribution is -2.35. The van der Waals surface area contributed by atoms with Crippen LogP contribution in [0.1, 0.15) is 38.5 Å². The maximum absolute atomic E-state index is 11.4. The summed E-state index contributed by atoms with van der Waals surface area (Å²) < 4.78 is 0. The first-order valence-corrected chi connectivity index (χ1v) is 5.78. The van der Waals surface area contributed by atoms with Gasteiger partial charge in [0.25, 0.3) is 0 Å². The summed E-state index contributed by atoms with van der Waals surface area (Å²) in [5.41, 5.74) is 0. The van der Waals surface area contributed by atoms with Gasteiger partial charge in [-0.3, -0.25) is 9.63 Å². The van der Waals surface area contributed by atoms with Gasteiger partial charge in [0.05, 0.1) is 7.11 Å². The van der Waals surface area contributed by atoms with Gasteiger partial charge in [-0.05, 0) is 12.8 Å². The number of carbonyl (C=O) groups excluding carboxylic acids is 1. The number of hydrogen-bond donors (Lipinski definition) is 1. The Hall–Kier alpha value is -0.610. The van der Waals surface area contributed by atoms with Crippen molar-refractivity contribution in [3.8, 4) is 0 Å². The van der Waals surface area contributed by atoms with Gasteiger partial charge in [0.2, 0.25) is 5.91 Å². The van der Waals surface area contributed by atoms with Crippen LogP contribution >= 0.6 is 0 Å². The maximum Gasteiger partial charge on any atom is 0.247 e. The third-order valence-corrected chi connectivity index (χ3v) is 3.00. The topological polar surface area (TPSA) is 41.6 Å². The number of rotatable bonds is 5. The third kappa shape index (κ3) is 4.62. The molecule has 15 heavy (non-hydrogen) atoms. The molecule has 0 aromatic rings. The van der Waals surface area contributed by atoms with Crippen molar-refractivity contribution in [1.82, 2.24) is 10.4 Å². The molecule has 88 valence electrons. The SMILES string of the molecule is CON(C)C(=O)CCNC1CCCCC1. The van der Waals surface area contributed by atoms with Crippen molar-refractivity contribution in [3.05, 3.63) is 0 Å². The second-order valence-corrected chi connectivity index (χ2v) is 4.11. The molecule has 1 amide bonds. The molecule has 0 atom stereocenters. The zero-order chi connectivity index (χ0) is 11.1. The van der Waals surface area contributed by atoms with Gasteiger partial charge in [-0.15, -0.1) is 0 Å². The van der Waals surface area contributed by atoms with E-state index in [1.54, 1.807) is 7.05 Å². The Morgan fingerprint density at radius 2 is 2.07 bits per heavy atom. The molecule has 1 aliphatic carbocycles. The van der Waals surface area contributed by atoms with Gasteiger partial charge in [0.15, 0.2) is 0 Å². The molecule has 4 nitrogen and oxygen atoms in total. The van der Waals surface area contributed by atoms with Crippen LogP contribution in [0.2, 0.25) is 0 Å². The lowest BCUT2D eigenvalue weighted by molar-refractivity contribution is -0.168. The molecule has 1 aliphatic rings. The number of amides is 1. The van der Waals surface area contributed by atoms with E-state index in [9.17, 15) is 4.79 Å². The van der Waals surface area contributed by atoms with Gasteiger partial charge in [0, 0.05) is 26.1 Å². The zero-order valence-corrected chi connectivity index (χ0v) is 9.79. The lowest BCUT2D eigenvalue weighted by Gasteiger charge is -2.23. The fraction of sp³-hybridized carbons (Fsp3) is 0.909. The molecule has 0 aromatic carbocycles. The minimum atomic E-state index is 0.0285. The summed E-state index contributed by atoms with van der Waals surface area (Å²) in [7, 11) is 3.15. The predicted octanol–water partition coefficient (Wildman–Crippen LogP) is 1.32. The lowest BCUT2D eigenvalue weighted by atomic mass is 9.95. The first kappa shape index (κ1) is 12.5. The van der Waals surface area contributed by atoms with Crippen molar-refractivity contribution >= 4 is 5.91 Å². The van der Waals surface area contributed by atoms with Crippen LogP contribution in [0.25, 0.3) is 0 Å². The van der Waals surface area contributed by atoms with Crippen LogP contribution in [0.5, 0.6) is 0 Å². The Kier molecular flexibility index (Phi) is 5.65. The number of nitrogens with zero attached hydrogens (tertiary/aromatic N) is 1. The molecule has 1 saturated carbocycles. The molecule has 0 unspecified atom stereocenters. The molecule has 0 saturated heterocycles. The average molecular weight is 214 g/mol. The van der Waals surface area contributed by atoms with Gasteiger partial charge in [-0.1, -0.05) is 19.3 Å². The summed E-state index contributed by atoms with van der Waals surface area (Å²) in [5, 5.41) is 4.71. The van der Waals surface area contributed by atoms with E-state index in [2.05, 4.69) is 5.32 Å². The fourth-order valence-corrected chi connectivity index (χ4v) is 1.95. The van der Waals surface area contributed by atoms with Crippen LogP contribution in [-0.4, -0.2) is 37.7 Å².